The summed E-state index contributed by atoms with van der Waals surface area (Å²) in [6.45, 7) is 4.73. The van der Waals surface area contributed by atoms with Gasteiger partial charge in [-0.3, -0.25) is 25.1 Å². The average molecular weight is 522 g/mol. The number of carbonyl (C=O) groups excluding carboxylic acids is 2. The largest absolute Gasteiger partial charge is 0.480 e. The van der Waals surface area contributed by atoms with Gasteiger partial charge in [0.25, 0.3) is 0 Å². The summed E-state index contributed by atoms with van der Waals surface area (Å²) in [5.74, 6) is -0.824. The first-order chi connectivity index (χ1) is 18.1. The Bertz CT molecular complexity index is 1100. The Morgan fingerprint density at radius 1 is 1.08 bits per heavy atom. The zero-order chi connectivity index (χ0) is 27.7. The molecule has 1 heterocycles. The van der Waals surface area contributed by atoms with Gasteiger partial charge in [-0.25, -0.2) is 0 Å². The molecule has 1 aliphatic heterocycles. The molecule has 3 atom stereocenters. The molecule has 2 aromatic rings. The van der Waals surface area contributed by atoms with E-state index >= 15 is 0 Å². The van der Waals surface area contributed by atoms with Crippen LogP contribution < -0.4 is 16.4 Å². The van der Waals surface area contributed by atoms with Crippen molar-refractivity contribution in [2.24, 2.45) is 17.6 Å². The molecule has 3 rings (SSSR count). The predicted octanol–water partition coefficient (Wildman–Crippen LogP) is 2.53. The molecule has 0 unspecified atom stereocenters. The number of amidine groups is 1. The Labute approximate surface area is 224 Å². The van der Waals surface area contributed by atoms with Crippen LogP contribution in [0.15, 0.2) is 54.6 Å². The number of hydrogen-bond donors (Lipinski definition) is 5. The molecule has 9 nitrogen and oxygen atoms in total. The molecule has 0 radical (unpaired) electrons. The Morgan fingerprint density at radius 2 is 1.76 bits per heavy atom. The Morgan fingerprint density at radius 3 is 2.37 bits per heavy atom. The van der Waals surface area contributed by atoms with Crippen molar-refractivity contribution in [2.75, 3.05) is 13.1 Å². The van der Waals surface area contributed by atoms with Crippen LogP contribution in [-0.2, 0) is 27.3 Å². The van der Waals surface area contributed by atoms with Crippen molar-refractivity contribution in [3.63, 3.8) is 0 Å². The second-order valence-corrected chi connectivity index (χ2v) is 10.4. The maximum Gasteiger partial charge on any atom is 0.317 e. The van der Waals surface area contributed by atoms with Crippen LogP contribution in [0.3, 0.4) is 0 Å². The third-order valence-corrected chi connectivity index (χ3v) is 6.94. The number of hydrogen-bond acceptors (Lipinski definition) is 5. The van der Waals surface area contributed by atoms with Gasteiger partial charge >= 0.3 is 5.97 Å². The van der Waals surface area contributed by atoms with Crippen LogP contribution in [0.25, 0.3) is 0 Å². The van der Waals surface area contributed by atoms with E-state index in [4.69, 9.17) is 11.1 Å². The summed E-state index contributed by atoms with van der Waals surface area (Å²) < 4.78 is 0. The number of carboxylic acids is 1. The number of nitrogens with two attached hydrogens (primary N) is 1. The maximum atomic E-state index is 13.8. The molecule has 0 saturated carbocycles. The maximum absolute atomic E-state index is 13.8. The van der Waals surface area contributed by atoms with E-state index in [1.807, 2.05) is 42.5 Å². The first-order valence-electron chi connectivity index (χ1n) is 13.1. The van der Waals surface area contributed by atoms with Crippen LogP contribution in [-0.4, -0.2) is 58.8 Å². The molecule has 1 aliphatic rings. The van der Waals surface area contributed by atoms with Gasteiger partial charge in [-0.2, -0.15) is 0 Å². The second-order valence-electron chi connectivity index (χ2n) is 10.4. The van der Waals surface area contributed by atoms with Gasteiger partial charge in [0, 0.05) is 18.7 Å². The molecule has 2 aromatic carbocycles. The molecule has 6 N–H and O–H groups in total. The quantitative estimate of drug-likeness (QED) is 0.202. The zero-order valence-electron chi connectivity index (χ0n) is 22.2. The van der Waals surface area contributed by atoms with Gasteiger partial charge in [0.05, 0.1) is 12.6 Å². The normalized spacial score (nSPS) is 17.8. The monoisotopic (exact) mass is 521 g/mol. The summed E-state index contributed by atoms with van der Waals surface area (Å²) in [6.07, 6.45) is 2.83. The van der Waals surface area contributed by atoms with Crippen LogP contribution in [0.1, 0.15) is 49.8 Å². The Kier molecular flexibility index (Phi) is 10.4. The van der Waals surface area contributed by atoms with E-state index in [1.54, 1.807) is 17.0 Å². The highest BCUT2D eigenvalue weighted by Crippen LogP contribution is 2.29. The van der Waals surface area contributed by atoms with Gasteiger partial charge in [-0.15, -0.1) is 0 Å². The Balaban J connectivity index is 1.75. The summed E-state index contributed by atoms with van der Waals surface area (Å²) in [5, 5.41) is 22.6. The van der Waals surface area contributed by atoms with Crippen molar-refractivity contribution in [1.82, 2.24) is 15.5 Å². The summed E-state index contributed by atoms with van der Waals surface area (Å²) in [5.41, 5.74) is 7.90. The van der Waals surface area contributed by atoms with E-state index in [0.29, 0.717) is 30.9 Å². The highest BCUT2D eigenvalue weighted by molar-refractivity contribution is 5.95. The van der Waals surface area contributed by atoms with Crippen LogP contribution >= 0.6 is 0 Å². The lowest BCUT2D eigenvalue weighted by Crippen LogP contribution is -2.53. The minimum absolute atomic E-state index is 0.0188. The lowest BCUT2D eigenvalue weighted by atomic mass is 9.95. The minimum atomic E-state index is -1.04. The number of benzene rings is 2. The fourth-order valence-corrected chi connectivity index (χ4v) is 4.81. The van der Waals surface area contributed by atoms with Gasteiger partial charge in [-0.1, -0.05) is 74.9 Å². The van der Waals surface area contributed by atoms with E-state index in [9.17, 15) is 19.5 Å². The van der Waals surface area contributed by atoms with Crippen molar-refractivity contribution < 1.29 is 19.5 Å². The van der Waals surface area contributed by atoms with E-state index in [-0.39, 0.29) is 36.7 Å². The van der Waals surface area contributed by atoms with Gasteiger partial charge < -0.3 is 21.1 Å². The number of nitrogens with one attached hydrogen (secondary N) is 3. The summed E-state index contributed by atoms with van der Waals surface area (Å²) in [7, 11) is 0. The SMILES string of the molecule is CC(C)CC[C@H]1C[C@@H](C(=O)NCc2ccc(C(=N)N)cc2)N(C(=O)[C@@H](Cc2ccccc2)NCC(=O)O)C1. The zero-order valence-corrected chi connectivity index (χ0v) is 22.2. The lowest BCUT2D eigenvalue weighted by molar-refractivity contribution is -0.141. The van der Waals surface area contributed by atoms with Crippen molar-refractivity contribution in [3.8, 4) is 0 Å². The van der Waals surface area contributed by atoms with Crippen LogP contribution in [0.2, 0.25) is 0 Å². The highest BCUT2D eigenvalue weighted by atomic mass is 16.4. The number of rotatable bonds is 13. The van der Waals surface area contributed by atoms with Crippen LogP contribution in [0, 0.1) is 17.2 Å². The number of aliphatic carboxylic acids is 1. The number of carboxylic acid groups (broad SMARTS) is 1. The molecule has 2 amide bonds. The number of carbonyl (C=O) groups is 3. The minimum Gasteiger partial charge on any atom is -0.480 e. The topological polar surface area (TPSA) is 149 Å². The second kappa shape index (κ2) is 13.7. The molecule has 0 spiro atoms. The van der Waals surface area contributed by atoms with Crippen molar-refractivity contribution in [3.05, 3.63) is 71.3 Å². The average Bonchev–Trinajstić information content (AvgIpc) is 3.33. The number of nitrogen functional groups attached to an aromatic ring is 1. The third kappa shape index (κ3) is 8.41. The van der Waals surface area contributed by atoms with Crippen LogP contribution in [0.4, 0.5) is 0 Å². The summed E-state index contributed by atoms with van der Waals surface area (Å²) in [4.78, 5) is 40.1. The van der Waals surface area contributed by atoms with E-state index in [1.165, 1.54) is 0 Å². The van der Waals surface area contributed by atoms with Crippen molar-refractivity contribution >= 4 is 23.6 Å². The molecular weight excluding hydrogens is 482 g/mol. The fraction of sp³-hybridized carbons (Fsp3) is 0.448. The predicted molar refractivity (Wildman–Crippen MR) is 147 cm³/mol. The molecule has 9 heteroatoms. The van der Waals surface area contributed by atoms with E-state index < -0.39 is 18.1 Å². The van der Waals surface area contributed by atoms with Gasteiger partial charge in [0.15, 0.2) is 0 Å². The molecule has 204 valence electrons. The van der Waals surface area contributed by atoms with Crippen LogP contribution in [0.5, 0.6) is 0 Å². The van der Waals surface area contributed by atoms with Crippen molar-refractivity contribution in [1.29, 1.82) is 5.41 Å². The standard InChI is InChI=1S/C29H39N5O4/c1-19(2)8-9-22-15-25(28(37)33-16-21-10-12-23(13-11-21)27(30)31)34(18-22)29(38)24(32-17-26(35)36)14-20-6-4-3-5-7-20/h3-7,10-13,19,22,24-25,32H,8-9,14-18H2,1-2H3,(H3,30,31)(H,33,37)(H,35,36)/t22-,24+,25-/m0/s1. The van der Waals surface area contributed by atoms with E-state index in [0.717, 1.165) is 24.0 Å². The molecule has 0 aromatic heterocycles. The number of nitrogens with zero attached hydrogens (tertiary/aromatic N) is 1. The summed E-state index contributed by atoms with van der Waals surface area (Å²) >= 11 is 0. The van der Waals surface area contributed by atoms with Crippen molar-refractivity contribution in [2.45, 2.75) is 58.2 Å². The summed E-state index contributed by atoms with van der Waals surface area (Å²) in [6, 6.07) is 15.2. The molecular formula is C29H39N5O4. The number of amides is 2. The fourth-order valence-electron chi connectivity index (χ4n) is 4.81. The first-order valence-corrected chi connectivity index (χ1v) is 13.1. The molecule has 0 bridgehead atoms. The molecule has 1 fully saturated rings. The first kappa shape index (κ1) is 28.8. The molecule has 0 aliphatic carbocycles. The lowest BCUT2D eigenvalue weighted by Gasteiger charge is -2.29. The van der Waals surface area contributed by atoms with Gasteiger partial charge in [0.2, 0.25) is 11.8 Å². The molecule has 38 heavy (non-hydrogen) atoms. The Hall–Kier alpha value is -3.72. The van der Waals surface area contributed by atoms with Gasteiger partial charge in [0.1, 0.15) is 11.9 Å². The third-order valence-electron chi connectivity index (χ3n) is 6.94. The number of likely N-dealkylation sites (tertiary alicyclic amines) is 1. The smallest absolute Gasteiger partial charge is 0.317 e. The van der Waals surface area contributed by atoms with Gasteiger partial charge in [-0.05, 0) is 42.2 Å². The highest BCUT2D eigenvalue weighted by Gasteiger charge is 2.41. The van der Waals surface area contributed by atoms with E-state index in [2.05, 4.69) is 24.5 Å². The molecule has 1 saturated heterocycles.